The second-order valence-electron chi connectivity index (χ2n) is 9.52. The maximum atomic E-state index is 9.87. The molecule has 0 atom stereocenters. The highest BCUT2D eigenvalue weighted by Gasteiger charge is 2.43. The van der Waals surface area contributed by atoms with Crippen LogP contribution in [-0.2, 0) is 5.41 Å². The molecule has 0 spiro atoms. The highest BCUT2D eigenvalue weighted by atomic mass is 16.3. The zero-order valence-corrected chi connectivity index (χ0v) is 19.9. The van der Waals surface area contributed by atoms with E-state index in [1.165, 1.54) is 97.6 Å². The van der Waals surface area contributed by atoms with E-state index < -0.39 is 0 Å². The van der Waals surface area contributed by atoms with Gasteiger partial charge in [0.05, 0.1) is 0 Å². The van der Waals surface area contributed by atoms with Crippen LogP contribution in [0.15, 0.2) is 66.7 Å². The summed E-state index contributed by atoms with van der Waals surface area (Å²) in [5, 5.41) is 9.87. The molecule has 3 aromatic carbocycles. The summed E-state index contributed by atoms with van der Waals surface area (Å²) in [6.45, 7) is 4.59. The molecular weight excluding hydrogens is 388 g/mol. The van der Waals surface area contributed by atoms with Crippen LogP contribution in [0.25, 0.3) is 22.3 Å². The van der Waals surface area contributed by atoms with E-state index in [2.05, 4.69) is 68.4 Å². The first-order valence-corrected chi connectivity index (χ1v) is 12.7. The molecule has 0 radical (unpaired) electrons. The van der Waals surface area contributed by atoms with Crippen LogP contribution < -0.4 is 0 Å². The fourth-order valence-electron chi connectivity index (χ4n) is 5.80. The van der Waals surface area contributed by atoms with Crippen LogP contribution in [0.1, 0.15) is 89.2 Å². The van der Waals surface area contributed by atoms with Crippen molar-refractivity contribution in [3.63, 3.8) is 0 Å². The molecule has 0 saturated heterocycles. The Morgan fingerprint density at radius 3 is 1.84 bits per heavy atom. The maximum absolute atomic E-state index is 9.87. The second kappa shape index (κ2) is 10.4. The van der Waals surface area contributed by atoms with Crippen molar-refractivity contribution in [2.45, 2.75) is 83.5 Å². The van der Waals surface area contributed by atoms with Crippen LogP contribution in [0, 0.1) is 0 Å². The number of benzene rings is 3. The number of rotatable bonds is 11. The minimum Gasteiger partial charge on any atom is -0.508 e. The third-order valence-corrected chi connectivity index (χ3v) is 7.37. The van der Waals surface area contributed by atoms with Gasteiger partial charge in [-0.1, -0.05) is 120 Å². The fourth-order valence-corrected chi connectivity index (χ4v) is 5.80. The lowest BCUT2D eigenvalue weighted by Crippen LogP contribution is -2.26. The molecular formula is C31H38O. The van der Waals surface area contributed by atoms with Gasteiger partial charge in [-0.05, 0) is 58.4 Å². The highest BCUT2D eigenvalue weighted by Crippen LogP contribution is 2.56. The molecule has 168 valence electrons. The number of phenolic OH excluding ortho intramolecular Hbond substituents is 1. The fraction of sp³-hybridized carbons (Fsp3) is 0.419. The summed E-state index contributed by atoms with van der Waals surface area (Å²) in [6.07, 6.45) is 12.8. The van der Waals surface area contributed by atoms with E-state index in [1.54, 1.807) is 0 Å². The summed E-state index contributed by atoms with van der Waals surface area (Å²) in [4.78, 5) is 0. The van der Waals surface area contributed by atoms with Crippen LogP contribution in [0.2, 0.25) is 0 Å². The van der Waals surface area contributed by atoms with Crippen molar-refractivity contribution in [3.8, 4) is 28.0 Å². The molecule has 0 aliphatic heterocycles. The van der Waals surface area contributed by atoms with E-state index in [9.17, 15) is 5.11 Å². The molecule has 1 heteroatoms. The number of phenols is 1. The van der Waals surface area contributed by atoms with E-state index in [-0.39, 0.29) is 5.41 Å². The Bertz CT molecular complexity index is 1000. The molecule has 0 aromatic heterocycles. The minimum atomic E-state index is 0.0852. The van der Waals surface area contributed by atoms with Gasteiger partial charge in [0.25, 0.3) is 0 Å². The zero-order chi connectivity index (χ0) is 22.4. The Labute approximate surface area is 194 Å². The zero-order valence-electron chi connectivity index (χ0n) is 19.9. The monoisotopic (exact) mass is 426 g/mol. The molecule has 0 saturated carbocycles. The smallest absolute Gasteiger partial charge is 0.115 e. The molecule has 0 fully saturated rings. The maximum Gasteiger partial charge on any atom is 0.115 e. The normalized spacial score (nSPS) is 13.7. The average molecular weight is 427 g/mol. The predicted octanol–water partition coefficient (Wildman–Crippen LogP) is 9.27. The quantitative estimate of drug-likeness (QED) is 0.303. The van der Waals surface area contributed by atoms with Crippen molar-refractivity contribution in [2.24, 2.45) is 0 Å². The van der Waals surface area contributed by atoms with Gasteiger partial charge in [-0.2, -0.15) is 0 Å². The Hall–Kier alpha value is -2.54. The summed E-state index contributed by atoms with van der Waals surface area (Å²) in [5.41, 5.74) is 8.53. The first kappa shape index (κ1) is 22.6. The molecule has 1 nitrogen and oxygen atoms in total. The Kier molecular flexibility index (Phi) is 7.35. The number of unbranched alkanes of at least 4 members (excludes halogenated alkanes) is 6. The molecule has 1 aliphatic rings. The van der Waals surface area contributed by atoms with Gasteiger partial charge in [0, 0.05) is 5.41 Å². The van der Waals surface area contributed by atoms with Gasteiger partial charge < -0.3 is 5.11 Å². The Morgan fingerprint density at radius 2 is 1.19 bits per heavy atom. The predicted molar refractivity (Wildman–Crippen MR) is 137 cm³/mol. The van der Waals surface area contributed by atoms with E-state index in [0.717, 1.165) is 0 Å². The summed E-state index contributed by atoms with van der Waals surface area (Å²) in [6, 6.07) is 23.8. The first-order chi connectivity index (χ1) is 15.7. The van der Waals surface area contributed by atoms with Crippen molar-refractivity contribution in [3.05, 3.63) is 77.9 Å². The van der Waals surface area contributed by atoms with Crippen LogP contribution in [-0.4, -0.2) is 5.11 Å². The molecule has 3 aromatic rings. The molecule has 0 amide bonds. The lowest BCUT2D eigenvalue weighted by Gasteiger charge is -2.34. The molecule has 1 N–H and O–H groups in total. The van der Waals surface area contributed by atoms with Crippen LogP contribution in [0.3, 0.4) is 0 Å². The van der Waals surface area contributed by atoms with E-state index in [4.69, 9.17) is 0 Å². The lowest BCUT2D eigenvalue weighted by molar-refractivity contribution is 0.402. The van der Waals surface area contributed by atoms with E-state index >= 15 is 0 Å². The van der Waals surface area contributed by atoms with Gasteiger partial charge in [0.15, 0.2) is 0 Å². The van der Waals surface area contributed by atoms with Gasteiger partial charge in [-0.15, -0.1) is 0 Å². The van der Waals surface area contributed by atoms with E-state index in [1.807, 2.05) is 12.1 Å². The third-order valence-electron chi connectivity index (χ3n) is 7.37. The SMILES string of the molecule is CCCCCCC1(CCCCCC)c2ccccc2-c2cccc(-c3ccc(O)cc3)c21. The van der Waals surface area contributed by atoms with Crippen molar-refractivity contribution < 1.29 is 5.11 Å². The number of hydrogen-bond donors (Lipinski definition) is 1. The third kappa shape index (κ3) is 4.35. The molecule has 0 heterocycles. The van der Waals surface area contributed by atoms with Crippen molar-refractivity contribution in [1.29, 1.82) is 0 Å². The van der Waals surface area contributed by atoms with Gasteiger partial charge in [0.1, 0.15) is 5.75 Å². The highest BCUT2D eigenvalue weighted by molar-refractivity contribution is 5.88. The number of fused-ring (bicyclic) bond motifs is 3. The van der Waals surface area contributed by atoms with Crippen molar-refractivity contribution >= 4 is 0 Å². The summed E-state index contributed by atoms with van der Waals surface area (Å²) in [7, 11) is 0. The van der Waals surface area contributed by atoms with Crippen LogP contribution in [0.4, 0.5) is 0 Å². The summed E-state index contributed by atoms with van der Waals surface area (Å²) < 4.78 is 0. The van der Waals surface area contributed by atoms with Gasteiger partial charge >= 0.3 is 0 Å². The minimum absolute atomic E-state index is 0.0852. The van der Waals surface area contributed by atoms with Gasteiger partial charge in [-0.25, -0.2) is 0 Å². The number of hydrogen-bond acceptors (Lipinski definition) is 1. The van der Waals surface area contributed by atoms with Crippen molar-refractivity contribution in [1.82, 2.24) is 0 Å². The average Bonchev–Trinajstić information content (AvgIpc) is 3.11. The van der Waals surface area contributed by atoms with Crippen LogP contribution in [0.5, 0.6) is 5.75 Å². The molecule has 1 aliphatic carbocycles. The molecule has 32 heavy (non-hydrogen) atoms. The topological polar surface area (TPSA) is 20.2 Å². The molecule has 0 bridgehead atoms. The van der Waals surface area contributed by atoms with Gasteiger partial charge in [0.2, 0.25) is 0 Å². The summed E-state index contributed by atoms with van der Waals surface area (Å²) >= 11 is 0. The Balaban J connectivity index is 1.85. The molecule has 0 unspecified atom stereocenters. The lowest BCUT2D eigenvalue weighted by atomic mass is 9.68. The molecule has 4 rings (SSSR count). The summed E-state index contributed by atoms with van der Waals surface area (Å²) in [5.74, 6) is 0.329. The largest absolute Gasteiger partial charge is 0.508 e. The number of aromatic hydroxyl groups is 1. The first-order valence-electron chi connectivity index (χ1n) is 12.7. The van der Waals surface area contributed by atoms with Crippen molar-refractivity contribution in [2.75, 3.05) is 0 Å². The van der Waals surface area contributed by atoms with Gasteiger partial charge in [-0.3, -0.25) is 0 Å². The standard InChI is InChI=1S/C31H38O/c1-3-5-7-11-22-31(23-12-8-6-4-2)29-17-10-9-14-27(29)28-16-13-15-26(30(28)31)24-18-20-25(32)21-19-24/h9-10,13-21,32H,3-8,11-12,22-23H2,1-2H3. The van der Waals surface area contributed by atoms with E-state index in [0.29, 0.717) is 5.75 Å². The second-order valence-corrected chi connectivity index (χ2v) is 9.52. The van der Waals surface area contributed by atoms with Crippen LogP contribution >= 0.6 is 0 Å². The Morgan fingerprint density at radius 1 is 0.594 bits per heavy atom.